The summed E-state index contributed by atoms with van der Waals surface area (Å²) in [6.07, 6.45) is 3.00. The summed E-state index contributed by atoms with van der Waals surface area (Å²) in [5, 5.41) is 5.58. The van der Waals surface area contributed by atoms with Gasteiger partial charge in [-0.3, -0.25) is 19.3 Å². The highest BCUT2D eigenvalue weighted by molar-refractivity contribution is 6.08. The molecule has 1 heterocycles. The highest BCUT2D eigenvalue weighted by Gasteiger charge is 2.56. The SMILES string of the molecule is CC1CC(C)(C)CC2(C1)NC(=O)N(CC(=O)OC(C)C(=O)NC1CC1)C2=O. The van der Waals surface area contributed by atoms with Crippen LogP contribution in [0.1, 0.15) is 59.8 Å². The molecule has 3 fully saturated rings. The average molecular weight is 379 g/mol. The van der Waals surface area contributed by atoms with Crippen molar-refractivity contribution in [3.05, 3.63) is 0 Å². The first-order chi connectivity index (χ1) is 12.5. The molecule has 1 aliphatic heterocycles. The van der Waals surface area contributed by atoms with E-state index in [9.17, 15) is 19.2 Å². The lowest BCUT2D eigenvalue weighted by atomic mass is 9.64. The number of esters is 1. The summed E-state index contributed by atoms with van der Waals surface area (Å²) in [4.78, 5) is 50.4. The van der Waals surface area contributed by atoms with Crippen molar-refractivity contribution in [3.8, 4) is 0 Å². The minimum atomic E-state index is -0.957. The number of imide groups is 1. The Kier molecular flexibility index (Phi) is 4.94. The lowest BCUT2D eigenvalue weighted by molar-refractivity contribution is -0.157. The number of amides is 4. The molecule has 3 rings (SSSR count). The Balaban J connectivity index is 1.61. The van der Waals surface area contributed by atoms with Crippen molar-refractivity contribution < 1.29 is 23.9 Å². The lowest BCUT2D eigenvalue weighted by Gasteiger charge is -2.43. The molecule has 0 radical (unpaired) electrons. The summed E-state index contributed by atoms with van der Waals surface area (Å²) in [7, 11) is 0. The molecule has 3 atom stereocenters. The van der Waals surface area contributed by atoms with Gasteiger partial charge in [0.15, 0.2) is 6.10 Å². The molecular formula is C19H29N3O5. The molecule has 0 bridgehead atoms. The predicted molar refractivity (Wildman–Crippen MR) is 96.5 cm³/mol. The first-order valence-corrected chi connectivity index (χ1v) is 9.65. The van der Waals surface area contributed by atoms with Crippen molar-refractivity contribution in [2.24, 2.45) is 11.3 Å². The Labute approximate surface area is 159 Å². The van der Waals surface area contributed by atoms with Crippen LogP contribution in [0.15, 0.2) is 0 Å². The summed E-state index contributed by atoms with van der Waals surface area (Å²) in [6, 6.07) is -0.405. The number of ether oxygens (including phenoxy) is 1. The molecule has 150 valence electrons. The van der Waals surface area contributed by atoms with Crippen LogP contribution in [0.5, 0.6) is 0 Å². The fourth-order valence-corrected chi connectivity index (χ4v) is 4.61. The number of hydrogen-bond acceptors (Lipinski definition) is 5. The topological polar surface area (TPSA) is 105 Å². The van der Waals surface area contributed by atoms with Crippen LogP contribution in [0.2, 0.25) is 0 Å². The molecular weight excluding hydrogens is 350 g/mol. The van der Waals surface area contributed by atoms with Gasteiger partial charge in [-0.25, -0.2) is 4.79 Å². The van der Waals surface area contributed by atoms with Gasteiger partial charge in [0.1, 0.15) is 12.1 Å². The van der Waals surface area contributed by atoms with Crippen LogP contribution < -0.4 is 10.6 Å². The minimum Gasteiger partial charge on any atom is -0.451 e. The molecule has 27 heavy (non-hydrogen) atoms. The van der Waals surface area contributed by atoms with E-state index in [1.807, 2.05) is 0 Å². The smallest absolute Gasteiger partial charge is 0.327 e. The Morgan fingerprint density at radius 2 is 1.96 bits per heavy atom. The van der Waals surface area contributed by atoms with Crippen LogP contribution in [0.4, 0.5) is 4.79 Å². The summed E-state index contributed by atoms with van der Waals surface area (Å²) < 4.78 is 5.11. The quantitative estimate of drug-likeness (QED) is 0.554. The van der Waals surface area contributed by atoms with E-state index in [2.05, 4.69) is 31.4 Å². The Bertz CT molecular complexity index is 672. The Morgan fingerprint density at radius 1 is 1.30 bits per heavy atom. The van der Waals surface area contributed by atoms with Gasteiger partial charge in [-0.05, 0) is 50.4 Å². The van der Waals surface area contributed by atoms with Crippen molar-refractivity contribution in [1.29, 1.82) is 0 Å². The molecule has 3 aliphatic rings. The van der Waals surface area contributed by atoms with E-state index in [1.165, 1.54) is 6.92 Å². The second-order valence-electron chi connectivity index (χ2n) is 9.17. The lowest BCUT2D eigenvalue weighted by Crippen LogP contribution is -2.54. The summed E-state index contributed by atoms with van der Waals surface area (Å²) in [6.45, 7) is 7.23. The Morgan fingerprint density at radius 3 is 2.56 bits per heavy atom. The first-order valence-electron chi connectivity index (χ1n) is 9.65. The Hall–Kier alpha value is -2.12. The average Bonchev–Trinajstić information content (AvgIpc) is 3.29. The second kappa shape index (κ2) is 6.80. The molecule has 2 aliphatic carbocycles. The molecule has 0 aromatic heterocycles. The highest BCUT2D eigenvalue weighted by atomic mass is 16.5. The number of carbonyl (C=O) groups excluding carboxylic acids is 4. The molecule has 2 N–H and O–H groups in total. The van der Waals surface area contributed by atoms with Gasteiger partial charge in [0.05, 0.1) is 0 Å². The van der Waals surface area contributed by atoms with Crippen LogP contribution in [-0.4, -0.2) is 52.9 Å². The normalized spacial score (nSPS) is 30.8. The van der Waals surface area contributed by atoms with E-state index < -0.39 is 30.2 Å². The number of urea groups is 1. The highest BCUT2D eigenvalue weighted by Crippen LogP contribution is 2.46. The maximum Gasteiger partial charge on any atom is 0.327 e. The van der Waals surface area contributed by atoms with Gasteiger partial charge in [0.25, 0.3) is 11.8 Å². The van der Waals surface area contributed by atoms with E-state index in [4.69, 9.17) is 4.74 Å². The fraction of sp³-hybridized carbons (Fsp3) is 0.789. The van der Waals surface area contributed by atoms with Crippen LogP contribution in [0.3, 0.4) is 0 Å². The molecule has 4 amide bonds. The van der Waals surface area contributed by atoms with Crippen molar-refractivity contribution in [3.63, 3.8) is 0 Å². The zero-order valence-corrected chi connectivity index (χ0v) is 16.5. The number of carbonyl (C=O) groups is 4. The maximum atomic E-state index is 13.0. The van der Waals surface area contributed by atoms with Gasteiger partial charge in [-0.15, -0.1) is 0 Å². The van der Waals surface area contributed by atoms with E-state index in [0.717, 1.165) is 24.2 Å². The monoisotopic (exact) mass is 379 g/mol. The van der Waals surface area contributed by atoms with Crippen molar-refractivity contribution in [2.45, 2.75) is 77.5 Å². The molecule has 2 saturated carbocycles. The van der Waals surface area contributed by atoms with E-state index >= 15 is 0 Å². The van der Waals surface area contributed by atoms with E-state index in [1.54, 1.807) is 0 Å². The summed E-state index contributed by atoms with van der Waals surface area (Å²) in [5.74, 6) is -1.21. The van der Waals surface area contributed by atoms with Gasteiger partial charge in [0.2, 0.25) is 0 Å². The standard InChI is InChI=1S/C19H29N3O5/c1-11-7-18(3,4)10-19(8-11)16(25)22(17(26)21-19)9-14(23)27-12(2)15(24)20-13-5-6-13/h11-13H,5-10H2,1-4H3,(H,20,24)(H,21,26). The van der Waals surface area contributed by atoms with Crippen molar-refractivity contribution in [1.82, 2.24) is 15.5 Å². The fourth-order valence-electron chi connectivity index (χ4n) is 4.61. The molecule has 0 aromatic carbocycles. The molecule has 3 unspecified atom stereocenters. The number of hydrogen-bond donors (Lipinski definition) is 2. The van der Waals surface area contributed by atoms with Crippen molar-refractivity contribution >= 4 is 23.8 Å². The molecule has 0 aromatic rings. The molecule has 1 saturated heterocycles. The molecule has 1 spiro atoms. The van der Waals surface area contributed by atoms with Gasteiger partial charge in [-0.1, -0.05) is 20.8 Å². The first kappa shape index (κ1) is 19.6. The zero-order chi connectivity index (χ0) is 20.0. The third-order valence-electron chi connectivity index (χ3n) is 5.51. The van der Waals surface area contributed by atoms with Gasteiger partial charge in [0, 0.05) is 6.04 Å². The van der Waals surface area contributed by atoms with Gasteiger partial charge in [-0.2, -0.15) is 0 Å². The van der Waals surface area contributed by atoms with E-state index in [-0.39, 0.29) is 29.2 Å². The zero-order valence-electron chi connectivity index (χ0n) is 16.5. The van der Waals surface area contributed by atoms with Crippen LogP contribution in [0, 0.1) is 11.3 Å². The van der Waals surface area contributed by atoms with Crippen LogP contribution in [-0.2, 0) is 19.1 Å². The van der Waals surface area contributed by atoms with Crippen LogP contribution >= 0.6 is 0 Å². The number of rotatable bonds is 5. The molecule has 8 nitrogen and oxygen atoms in total. The largest absolute Gasteiger partial charge is 0.451 e. The third kappa shape index (κ3) is 4.25. The molecule has 8 heteroatoms. The summed E-state index contributed by atoms with van der Waals surface area (Å²) >= 11 is 0. The number of nitrogens with one attached hydrogen (secondary N) is 2. The second-order valence-corrected chi connectivity index (χ2v) is 9.17. The van der Waals surface area contributed by atoms with Gasteiger partial charge >= 0.3 is 12.0 Å². The van der Waals surface area contributed by atoms with E-state index in [0.29, 0.717) is 12.8 Å². The predicted octanol–water partition coefficient (Wildman–Crippen LogP) is 1.33. The third-order valence-corrected chi connectivity index (χ3v) is 5.51. The maximum absolute atomic E-state index is 13.0. The number of nitrogens with zero attached hydrogens (tertiary/aromatic N) is 1. The van der Waals surface area contributed by atoms with Gasteiger partial charge < -0.3 is 15.4 Å². The van der Waals surface area contributed by atoms with Crippen LogP contribution in [0.25, 0.3) is 0 Å². The summed E-state index contributed by atoms with van der Waals surface area (Å²) in [5.41, 5.74) is -1.03. The van der Waals surface area contributed by atoms with Crippen molar-refractivity contribution in [2.75, 3.05) is 6.54 Å². The minimum absolute atomic E-state index is 0.0768.